The molecule has 0 saturated carbocycles. The van der Waals surface area contributed by atoms with Crippen LogP contribution in [-0.2, 0) is 17.7 Å². The van der Waals surface area contributed by atoms with Crippen LogP contribution in [0.5, 0.6) is 0 Å². The van der Waals surface area contributed by atoms with E-state index in [1.165, 1.54) is 34.4 Å². The normalized spacial score (nSPS) is 13.2. The fourth-order valence-corrected chi connectivity index (χ4v) is 4.65. The maximum absolute atomic E-state index is 12.9. The molecule has 138 valence electrons. The van der Waals surface area contributed by atoms with Crippen molar-refractivity contribution in [2.45, 2.75) is 34.7 Å². The topological polar surface area (TPSA) is 25.8 Å². The first kappa shape index (κ1) is 18.4. The number of hydrogen-bond donors (Lipinski definition) is 0. The highest BCUT2D eigenvalue weighted by molar-refractivity contribution is 7.98. The minimum atomic E-state index is -4.33. The molecule has 4 rings (SSSR count). The second-order valence-electron chi connectivity index (χ2n) is 6.30. The molecule has 2 aromatic carbocycles. The van der Waals surface area contributed by atoms with Crippen LogP contribution in [0.2, 0.25) is 0 Å². The number of thioether (sulfide) groups is 2. The van der Waals surface area contributed by atoms with Crippen LogP contribution in [-0.4, -0.2) is 9.97 Å². The monoisotopic (exact) mass is 404 g/mol. The number of nitrogens with zero attached hydrogens (tertiary/aromatic N) is 2. The highest BCUT2D eigenvalue weighted by Gasteiger charge is 2.30. The van der Waals surface area contributed by atoms with Crippen molar-refractivity contribution >= 4 is 23.5 Å². The molecule has 0 amide bonds. The summed E-state index contributed by atoms with van der Waals surface area (Å²) in [6.07, 6.45) is -2.50. The number of hydrogen-bond acceptors (Lipinski definition) is 4. The lowest BCUT2D eigenvalue weighted by Crippen LogP contribution is -2.05. The largest absolute Gasteiger partial charge is 0.416 e. The molecule has 27 heavy (non-hydrogen) atoms. The summed E-state index contributed by atoms with van der Waals surface area (Å²) in [6.45, 7) is 2.05. The molecule has 0 spiro atoms. The maximum atomic E-state index is 12.9. The Bertz CT molecular complexity index is 1000. The first-order chi connectivity index (χ1) is 12.9. The van der Waals surface area contributed by atoms with Gasteiger partial charge in [0.2, 0.25) is 0 Å². The molecule has 0 N–H and O–H groups in total. The molecule has 0 bridgehead atoms. The fraction of sp³-hybridized carbons (Fsp3) is 0.200. The molecule has 2 nitrogen and oxygen atoms in total. The lowest BCUT2D eigenvalue weighted by Gasteiger charge is -2.19. The van der Waals surface area contributed by atoms with Crippen LogP contribution < -0.4 is 0 Å². The van der Waals surface area contributed by atoms with Gasteiger partial charge in [0.1, 0.15) is 0 Å². The Labute approximate surface area is 163 Å². The Morgan fingerprint density at radius 2 is 2.00 bits per heavy atom. The number of aryl methyl sites for hydroxylation is 1. The lowest BCUT2D eigenvalue weighted by atomic mass is 10.1. The standard InChI is InChI=1S/C20H15F3N2S2/c1-12-5-6-17-16(7-12)18-14(11-26-17)9-24-19(25-18)27-10-13-3-2-4-15(8-13)20(21,22)23/h2-9H,10-11H2,1H3. The number of rotatable bonds is 3. The van der Waals surface area contributed by atoms with Gasteiger partial charge >= 0.3 is 6.18 Å². The molecule has 2 heterocycles. The van der Waals surface area contributed by atoms with Gasteiger partial charge < -0.3 is 0 Å². The number of fused-ring (bicyclic) bond motifs is 3. The van der Waals surface area contributed by atoms with Gasteiger partial charge in [0.15, 0.2) is 5.16 Å². The minimum Gasteiger partial charge on any atom is -0.231 e. The van der Waals surface area contributed by atoms with E-state index in [4.69, 9.17) is 4.98 Å². The van der Waals surface area contributed by atoms with Gasteiger partial charge in [-0.3, -0.25) is 0 Å². The molecule has 1 aliphatic heterocycles. The van der Waals surface area contributed by atoms with Crippen molar-refractivity contribution in [1.82, 2.24) is 9.97 Å². The van der Waals surface area contributed by atoms with Crippen LogP contribution in [0, 0.1) is 6.92 Å². The summed E-state index contributed by atoms with van der Waals surface area (Å²) < 4.78 is 38.6. The van der Waals surface area contributed by atoms with Crippen LogP contribution >= 0.6 is 23.5 Å². The van der Waals surface area contributed by atoms with Gasteiger partial charge in [-0.25, -0.2) is 9.97 Å². The molecule has 0 atom stereocenters. The van der Waals surface area contributed by atoms with E-state index in [1.54, 1.807) is 17.8 Å². The van der Waals surface area contributed by atoms with Crippen molar-refractivity contribution in [3.8, 4) is 11.3 Å². The van der Waals surface area contributed by atoms with Crippen LogP contribution in [0.3, 0.4) is 0 Å². The Hall–Kier alpha value is -1.99. The number of halogens is 3. The van der Waals surface area contributed by atoms with E-state index in [2.05, 4.69) is 23.2 Å². The predicted octanol–water partition coefficient (Wildman–Crippen LogP) is 6.37. The zero-order valence-electron chi connectivity index (χ0n) is 14.4. The van der Waals surface area contributed by atoms with Gasteiger partial charge in [-0.1, -0.05) is 41.6 Å². The third-order valence-corrected chi connectivity index (χ3v) is 6.29. The summed E-state index contributed by atoms with van der Waals surface area (Å²) in [5.41, 5.74) is 4.25. The van der Waals surface area contributed by atoms with Crippen LogP contribution in [0.25, 0.3) is 11.3 Å². The van der Waals surface area contributed by atoms with Crippen molar-refractivity contribution in [2.75, 3.05) is 0 Å². The second-order valence-corrected chi connectivity index (χ2v) is 8.26. The first-order valence-electron chi connectivity index (χ1n) is 8.29. The average Bonchev–Trinajstić information content (AvgIpc) is 2.65. The Morgan fingerprint density at radius 3 is 2.81 bits per heavy atom. The van der Waals surface area contributed by atoms with E-state index >= 15 is 0 Å². The Morgan fingerprint density at radius 1 is 1.15 bits per heavy atom. The van der Waals surface area contributed by atoms with Gasteiger partial charge in [-0.15, -0.1) is 11.8 Å². The predicted molar refractivity (Wildman–Crippen MR) is 103 cm³/mol. The van der Waals surface area contributed by atoms with Gasteiger partial charge in [0.25, 0.3) is 0 Å². The van der Waals surface area contributed by atoms with Crippen molar-refractivity contribution in [3.63, 3.8) is 0 Å². The van der Waals surface area contributed by atoms with Crippen molar-refractivity contribution in [1.29, 1.82) is 0 Å². The smallest absolute Gasteiger partial charge is 0.231 e. The number of benzene rings is 2. The second kappa shape index (κ2) is 7.20. The van der Waals surface area contributed by atoms with Crippen LogP contribution in [0.4, 0.5) is 13.2 Å². The van der Waals surface area contributed by atoms with Gasteiger partial charge in [0, 0.05) is 33.7 Å². The first-order valence-corrected chi connectivity index (χ1v) is 10.3. The van der Waals surface area contributed by atoms with E-state index < -0.39 is 11.7 Å². The molecule has 0 aliphatic carbocycles. The van der Waals surface area contributed by atoms with Crippen molar-refractivity contribution < 1.29 is 13.2 Å². The van der Waals surface area contributed by atoms with E-state index in [1.807, 2.05) is 13.1 Å². The molecule has 0 fully saturated rings. The highest BCUT2D eigenvalue weighted by Crippen LogP contribution is 2.41. The zero-order chi connectivity index (χ0) is 19.0. The third-order valence-electron chi connectivity index (χ3n) is 4.24. The molecule has 3 aromatic rings. The molecule has 0 unspecified atom stereocenters. The lowest BCUT2D eigenvalue weighted by molar-refractivity contribution is -0.137. The minimum absolute atomic E-state index is 0.387. The summed E-state index contributed by atoms with van der Waals surface area (Å²) >= 11 is 3.11. The molecule has 1 aromatic heterocycles. The molecule has 7 heteroatoms. The van der Waals surface area contributed by atoms with Gasteiger partial charge in [-0.05, 0) is 30.7 Å². The zero-order valence-corrected chi connectivity index (χ0v) is 16.0. The number of alkyl halides is 3. The summed E-state index contributed by atoms with van der Waals surface area (Å²) in [7, 11) is 0. The summed E-state index contributed by atoms with van der Waals surface area (Å²) in [5.74, 6) is 1.21. The van der Waals surface area contributed by atoms with Crippen molar-refractivity contribution in [2.24, 2.45) is 0 Å². The quantitative estimate of drug-likeness (QED) is 0.374. The highest BCUT2D eigenvalue weighted by atomic mass is 32.2. The molecular formula is C20H15F3N2S2. The van der Waals surface area contributed by atoms with E-state index in [-0.39, 0.29) is 0 Å². The van der Waals surface area contributed by atoms with E-state index in [9.17, 15) is 13.2 Å². The van der Waals surface area contributed by atoms with E-state index in [0.717, 1.165) is 28.6 Å². The summed E-state index contributed by atoms with van der Waals surface area (Å²) in [5, 5.41) is 0.575. The third kappa shape index (κ3) is 3.99. The average molecular weight is 404 g/mol. The molecule has 1 aliphatic rings. The Balaban J connectivity index is 1.58. The maximum Gasteiger partial charge on any atom is 0.416 e. The summed E-state index contributed by atoms with van der Waals surface area (Å²) in [4.78, 5) is 10.3. The number of aromatic nitrogens is 2. The Kier molecular flexibility index (Phi) is 4.90. The van der Waals surface area contributed by atoms with Gasteiger partial charge in [-0.2, -0.15) is 13.2 Å². The summed E-state index contributed by atoms with van der Waals surface area (Å²) in [6, 6.07) is 11.7. The fourth-order valence-electron chi connectivity index (χ4n) is 2.89. The van der Waals surface area contributed by atoms with Crippen LogP contribution in [0.1, 0.15) is 22.3 Å². The van der Waals surface area contributed by atoms with E-state index in [0.29, 0.717) is 16.5 Å². The SMILES string of the molecule is Cc1ccc2c(c1)-c1nc(SCc3cccc(C(F)(F)F)c3)ncc1CS2. The van der Waals surface area contributed by atoms with Crippen LogP contribution in [0.15, 0.2) is 58.7 Å². The van der Waals surface area contributed by atoms with Gasteiger partial charge in [0.05, 0.1) is 11.3 Å². The van der Waals surface area contributed by atoms with Crippen molar-refractivity contribution in [3.05, 3.63) is 70.9 Å². The molecule has 0 radical (unpaired) electrons. The molecule has 0 saturated heterocycles. The molecular weight excluding hydrogens is 389 g/mol.